The normalized spacial score (nSPS) is 15.8. The number of aromatic nitrogens is 4. The molecule has 80 heavy (non-hydrogen) atoms. The molecule has 0 saturated carbocycles. The minimum absolute atomic E-state index is 0.00211. The number of phenolic OH excluding ortho intramolecular Hbond substituents is 1. The molecule has 1 saturated heterocycles. The Morgan fingerprint density at radius 1 is 0.738 bits per heavy atom. The van der Waals surface area contributed by atoms with Gasteiger partial charge in [0.1, 0.15) is 48.0 Å². The number of nitrogens with two attached hydrogens (primary N) is 3. The van der Waals surface area contributed by atoms with Gasteiger partial charge in [0.15, 0.2) is 5.96 Å². The number of aromatic amines is 2. The number of carboxylic acids is 2. The van der Waals surface area contributed by atoms with Crippen molar-refractivity contribution >= 4 is 59.2 Å². The zero-order valence-electron chi connectivity index (χ0n) is 45.2. The highest BCUT2D eigenvalue weighted by atomic mass is 16.4. The van der Waals surface area contributed by atoms with Gasteiger partial charge in [0, 0.05) is 56.6 Å². The van der Waals surface area contributed by atoms with Crippen LogP contribution in [0.4, 0.5) is 0 Å². The fourth-order valence-electron chi connectivity index (χ4n) is 8.53. The van der Waals surface area contributed by atoms with Gasteiger partial charge in [-0.05, 0) is 60.8 Å². The Labute approximate surface area is 462 Å². The van der Waals surface area contributed by atoms with Crippen molar-refractivity contribution < 1.29 is 58.5 Å². The number of nitrogens with zero attached hydrogens (tertiary/aromatic N) is 4. The van der Waals surface area contributed by atoms with E-state index in [9.17, 15) is 58.5 Å². The van der Waals surface area contributed by atoms with Crippen LogP contribution in [0.1, 0.15) is 83.0 Å². The van der Waals surface area contributed by atoms with Gasteiger partial charge in [-0.1, -0.05) is 76.6 Å². The molecule has 9 atom stereocenters. The van der Waals surface area contributed by atoms with Gasteiger partial charge in [-0.3, -0.25) is 43.3 Å². The van der Waals surface area contributed by atoms with E-state index in [1.165, 1.54) is 41.7 Å². The summed E-state index contributed by atoms with van der Waals surface area (Å²) >= 11 is 0. The van der Waals surface area contributed by atoms with E-state index in [4.69, 9.17) is 17.2 Å². The zero-order valence-corrected chi connectivity index (χ0v) is 45.2. The molecule has 0 unspecified atom stereocenters. The van der Waals surface area contributed by atoms with Crippen LogP contribution in [0, 0.1) is 11.8 Å². The Kier molecular flexibility index (Phi) is 25.6. The van der Waals surface area contributed by atoms with Gasteiger partial charge in [-0.25, -0.2) is 14.8 Å². The van der Waals surface area contributed by atoms with Crippen LogP contribution in [0.3, 0.4) is 0 Å². The lowest BCUT2D eigenvalue weighted by atomic mass is 9.96. The Hall–Kier alpha value is -8.88. The van der Waals surface area contributed by atoms with Gasteiger partial charge in [0.2, 0.25) is 41.4 Å². The average molecular weight is 1110 g/mol. The fourth-order valence-corrected chi connectivity index (χ4v) is 8.53. The first kappa shape index (κ1) is 63.7. The predicted molar refractivity (Wildman–Crippen MR) is 291 cm³/mol. The van der Waals surface area contributed by atoms with Crippen LogP contribution in [-0.4, -0.2) is 161 Å². The van der Waals surface area contributed by atoms with E-state index in [2.05, 4.69) is 56.8 Å². The first-order valence-corrected chi connectivity index (χ1v) is 26.2. The molecule has 27 nitrogen and oxygen atoms in total. The second kappa shape index (κ2) is 32.1. The number of carbonyl (C=O) groups is 9. The maximum Gasteiger partial charge on any atom is 0.326 e. The van der Waals surface area contributed by atoms with E-state index in [1.807, 2.05) is 0 Å². The third-order valence-corrected chi connectivity index (χ3v) is 13.1. The summed E-state index contributed by atoms with van der Waals surface area (Å²) in [5.74, 6) is -9.64. The lowest BCUT2D eigenvalue weighted by molar-refractivity contribution is -0.145. The largest absolute Gasteiger partial charge is 0.508 e. The van der Waals surface area contributed by atoms with Crippen LogP contribution >= 0.6 is 0 Å². The maximum atomic E-state index is 14.6. The molecule has 434 valence electrons. The van der Waals surface area contributed by atoms with Crippen molar-refractivity contribution in [1.29, 1.82) is 0 Å². The first-order chi connectivity index (χ1) is 38.1. The van der Waals surface area contributed by atoms with Crippen LogP contribution in [-0.2, 0) is 62.4 Å². The molecule has 17 N–H and O–H groups in total. The topological polar surface area (TPSA) is 438 Å². The van der Waals surface area contributed by atoms with E-state index in [-0.39, 0.29) is 63.3 Å². The Balaban J connectivity index is 0.00000260. The molecule has 1 fully saturated rings. The number of H-pyrrole nitrogens is 2. The number of benzene rings is 2. The van der Waals surface area contributed by atoms with Gasteiger partial charge < -0.3 is 79.3 Å². The molecule has 7 amide bonds. The van der Waals surface area contributed by atoms with Crippen molar-refractivity contribution in [3.8, 4) is 5.75 Å². The highest BCUT2D eigenvalue weighted by molar-refractivity contribution is 5.98. The first-order valence-electron chi connectivity index (χ1n) is 26.2. The quantitative estimate of drug-likeness (QED) is 0.0178. The SMILES string of the molecule is CC[C@H](C)[C@H](NC(=O)[C@H](Cc1ccc(O)cc1)NC(=O)[C@@H](NC(=O)[C@H](CCCN=C(N)N)NC(=O)[C@@H](N)CC(=O)O)C(C)C)C(=O)N[C@@H](Cc1cnc[nH]1)C(=O)N1CCC[C@H]1C(=O)N[C@@H](Cc1ccccc1)C(=O)O.c1c[nH]cn1. The summed E-state index contributed by atoms with van der Waals surface area (Å²) in [6, 6.07) is 3.95. The number of amides is 7. The number of carbonyl (C=O) groups excluding carboxylic acids is 7. The minimum Gasteiger partial charge on any atom is -0.508 e. The number of likely N-dealkylation sites (tertiary alicyclic amines) is 1. The summed E-state index contributed by atoms with van der Waals surface area (Å²) in [7, 11) is 0. The molecule has 4 aromatic rings. The molecule has 1 aliphatic heterocycles. The number of hydrogen-bond donors (Lipinski definition) is 14. The molecule has 2 aromatic carbocycles. The number of rotatable bonds is 29. The summed E-state index contributed by atoms with van der Waals surface area (Å²) < 4.78 is 0. The number of aromatic hydroxyl groups is 1. The maximum absolute atomic E-state index is 14.6. The minimum atomic E-state index is -1.51. The molecule has 2 aromatic heterocycles. The summed E-state index contributed by atoms with van der Waals surface area (Å²) in [5, 5.41) is 45.1. The lowest BCUT2D eigenvalue weighted by Crippen LogP contribution is -2.62. The second-order valence-electron chi connectivity index (χ2n) is 19.6. The van der Waals surface area contributed by atoms with E-state index in [1.54, 1.807) is 76.7 Å². The van der Waals surface area contributed by atoms with Crippen molar-refractivity contribution in [2.24, 2.45) is 34.0 Å². The summed E-state index contributed by atoms with van der Waals surface area (Å²) in [6.45, 7) is 6.90. The van der Waals surface area contributed by atoms with E-state index in [0.717, 1.165) is 0 Å². The number of aliphatic carboxylic acids is 2. The summed E-state index contributed by atoms with van der Waals surface area (Å²) in [6.07, 6.45) is 8.00. The zero-order chi connectivity index (χ0) is 58.9. The Bertz CT molecular complexity index is 2650. The lowest BCUT2D eigenvalue weighted by Gasteiger charge is -2.32. The fraction of sp³-hybridized carbons (Fsp3) is 0.472. The van der Waals surface area contributed by atoms with Crippen LogP contribution in [0.25, 0.3) is 0 Å². The monoisotopic (exact) mass is 1110 g/mol. The molecule has 0 bridgehead atoms. The Morgan fingerprint density at radius 2 is 1.36 bits per heavy atom. The van der Waals surface area contributed by atoms with E-state index < -0.39 is 120 Å². The standard InChI is InChI=1S/C50H71N13O12.C3H4N2/c1-5-28(4)41(47(72)59-36(23-31-25-54-26-56-31)48(73)63-20-10-14-38(63)45(70)60-37(49(74)75)22-29-11-7-6-8-12-29)62-44(69)35(21-30-15-17-32(64)18-16-30)58-46(71)40(27(2)3)61-43(68)34(13-9-19-55-50(52)53)57-42(67)33(51)24-39(65)66;1-2-5-3-4-1/h6-8,11-12,15-18,25-28,33-38,40-41,64H,5,9-10,13-14,19-24,51H2,1-4H3,(H,54,56)(H,57,67)(H,58,71)(H,59,72)(H,60,70)(H,61,68)(H,62,69)(H,65,66)(H,74,75)(H4,52,53,55);1-3H,(H,4,5)/t28-,33-,34-,35-,36-,37-,38-,40-,41-;/m0./s1. The van der Waals surface area contributed by atoms with E-state index >= 15 is 0 Å². The highest BCUT2D eigenvalue weighted by Crippen LogP contribution is 2.21. The van der Waals surface area contributed by atoms with E-state index in [0.29, 0.717) is 29.7 Å². The average Bonchev–Trinajstić information content (AvgIpc) is 4.30. The Morgan fingerprint density at radius 3 is 1.94 bits per heavy atom. The van der Waals surface area contributed by atoms with Crippen LogP contribution < -0.4 is 49.1 Å². The number of guanidine groups is 1. The van der Waals surface area contributed by atoms with Crippen molar-refractivity contribution in [3.63, 3.8) is 0 Å². The molecule has 5 rings (SSSR count). The van der Waals surface area contributed by atoms with Crippen molar-refractivity contribution in [2.75, 3.05) is 13.1 Å². The van der Waals surface area contributed by atoms with Crippen LogP contribution in [0.15, 0.2) is 90.8 Å². The molecular formula is C53H75N15O12. The van der Waals surface area contributed by atoms with Gasteiger partial charge >= 0.3 is 11.9 Å². The molecule has 0 aliphatic carbocycles. The predicted octanol–water partition coefficient (Wildman–Crippen LogP) is -0.905. The van der Waals surface area contributed by atoms with Crippen molar-refractivity contribution in [1.82, 2.24) is 56.7 Å². The van der Waals surface area contributed by atoms with Gasteiger partial charge in [0.05, 0.1) is 25.1 Å². The molecule has 0 radical (unpaired) electrons. The van der Waals surface area contributed by atoms with Gasteiger partial charge in [-0.2, -0.15) is 0 Å². The molecular weight excluding hydrogens is 1040 g/mol. The molecule has 3 heterocycles. The smallest absolute Gasteiger partial charge is 0.326 e. The third-order valence-electron chi connectivity index (χ3n) is 13.1. The number of hydrogen-bond acceptors (Lipinski definition) is 14. The summed E-state index contributed by atoms with van der Waals surface area (Å²) in [5.41, 5.74) is 18.2. The van der Waals surface area contributed by atoms with Gasteiger partial charge in [-0.15, -0.1) is 0 Å². The van der Waals surface area contributed by atoms with Crippen LogP contribution in [0.5, 0.6) is 5.75 Å². The number of imidazole rings is 2. The van der Waals surface area contributed by atoms with Gasteiger partial charge in [0.25, 0.3) is 0 Å². The highest BCUT2D eigenvalue weighted by Gasteiger charge is 2.41. The number of phenols is 1. The number of aliphatic imine (C=N–C) groups is 1. The molecule has 0 spiro atoms. The number of nitrogens with one attached hydrogen (secondary N) is 8. The van der Waals surface area contributed by atoms with Crippen molar-refractivity contribution in [2.45, 2.75) is 134 Å². The van der Waals surface area contributed by atoms with Crippen LogP contribution in [0.2, 0.25) is 0 Å². The third kappa shape index (κ3) is 20.8. The molecule has 27 heteroatoms. The second-order valence-corrected chi connectivity index (χ2v) is 19.6. The molecule has 1 aliphatic rings. The summed E-state index contributed by atoms with van der Waals surface area (Å²) in [4.78, 5) is 141. The number of carboxylic acid groups (broad SMARTS) is 2. The van der Waals surface area contributed by atoms with Crippen molar-refractivity contribution in [3.05, 3.63) is 103 Å².